The van der Waals surface area contributed by atoms with Gasteiger partial charge in [-0.3, -0.25) is 9.78 Å². The Balaban J connectivity index is 2.13. The molecular weight excluding hydrogens is 226 g/mol. The maximum absolute atomic E-state index is 12.3. The first kappa shape index (κ1) is 12.9. The number of aromatic nitrogens is 1. The van der Waals surface area contributed by atoms with Crippen LogP contribution in [0.15, 0.2) is 18.5 Å². The maximum Gasteiger partial charge on any atom is 0.255 e. The van der Waals surface area contributed by atoms with Crippen molar-refractivity contribution in [1.29, 1.82) is 0 Å². The zero-order valence-electron chi connectivity index (χ0n) is 11.1. The van der Waals surface area contributed by atoms with Crippen molar-refractivity contribution in [3.05, 3.63) is 24.0 Å². The van der Waals surface area contributed by atoms with E-state index in [0.29, 0.717) is 5.56 Å². The molecule has 0 bridgehead atoms. The first-order valence-electron chi connectivity index (χ1n) is 6.71. The average molecular weight is 247 g/mol. The SMILES string of the molecule is CCNc1ccncc1C(=O)NC1(CC)CCC1. The Morgan fingerprint density at radius 2 is 2.22 bits per heavy atom. The number of rotatable bonds is 5. The predicted octanol–water partition coefficient (Wildman–Crippen LogP) is 2.58. The topological polar surface area (TPSA) is 54.0 Å². The second-order valence-electron chi connectivity index (χ2n) is 4.89. The van der Waals surface area contributed by atoms with E-state index in [1.165, 1.54) is 6.42 Å². The molecule has 0 spiro atoms. The highest BCUT2D eigenvalue weighted by atomic mass is 16.1. The van der Waals surface area contributed by atoms with Crippen molar-refractivity contribution >= 4 is 11.6 Å². The standard InChI is InChI=1S/C14H21N3O/c1-3-14(7-5-8-14)17-13(18)11-10-15-9-6-12(11)16-4-2/h6,9-10H,3-5,7-8H2,1-2H3,(H,15,16)(H,17,18). The molecule has 1 aromatic rings. The monoisotopic (exact) mass is 247 g/mol. The molecule has 0 aromatic carbocycles. The van der Waals surface area contributed by atoms with Gasteiger partial charge in [-0.15, -0.1) is 0 Å². The molecule has 1 aliphatic rings. The van der Waals surface area contributed by atoms with Gasteiger partial charge in [0.25, 0.3) is 5.91 Å². The highest BCUT2D eigenvalue weighted by molar-refractivity contribution is 5.99. The largest absolute Gasteiger partial charge is 0.385 e. The molecular formula is C14H21N3O. The lowest BCUT2D eigenvalue weighted by atomic mass is 9.74. The predicted molar refractivity (Wildman–Crippen MR) is 72.7 cm³/mol. The van der Waals surface area contributed by atoms with Gasteiger partial charge in [0.05, 0.1) is 11.3 Å². The Labute approximate surface area is 108 Å². The van der Waals surface area contributed by atoms with Crippen LogP contribution in [0.25, 0.3) is 0 Å². The van der Waals surface area contributed by atoms with Crippen LogP contribution in [-0.2, 0) is 0 Å². The number of pyridine rings is 1. The molecule has 2 N–H and O–H groups in total. The van der Waals surface area contributed by atoms with Gasteiger partial charge in [-0.2, -0.15) is 0 Å². The summed E-state index contributed by atoms with van der Waals surface area (Å²) < 4.78 is 0. The number of amides is 1. The lowest BCUT2D eigenvalue weighted by molar-refractivity contribution is 0.0821. The molecule has 1 saturated carbocycles. The van der Waals surface area contributed by atoms with E-state index < -0.39 is 0 Å². The quantitative estimate of drug-likeness (QED) is 0.840. The summed E-state index contributed by atoms with van der Waals surface area (Å²) in [5.74, 6) is -0.0133. The van der Waals surface area contributed by atoms with Crippen LogP contribution in [0.5, 0.6) is 0 Å². The third-order valence-corrected chi connectivity index (χ3v) is 3.80. The van der Waals surface area contributed by atoms with E-state index in [4.69, 9.17) is 0 Å². The van der Waals surface area contributed by atoms with Crippen LogP contribution in [-0.4, -0.2) is 23.0 Å². The van der Waals surface area contributed by atoms with E-state index >= 15 is 0 Å². The van der Waals surface area contributed by atoms with Crippen LogP contribution >= 0.6 is 0 Å². The van der Waals surface area contributed by atoms with Crippen LogP contribution in [0.2, 0.25) is 0 Å². The Morgan fingerprint density at radius 1 is 1.44 bits per heavy atom. The maximum atomic E-state index is 12.3. The minimum Gasteiger partial charge on any atom is -0.385 e. The molecule has 0 radical (unpaired) electrons. The van der Waals surface area contributed by atoms with Crippen molar-refractivity contribution in [2.75, 3.05) is 11.9 Å². The number of hydrogen-bond donors (Lipinski definition) is 2. The van der Waals surface area contributed by atoms with Crippen LogP contribution < -0.4 is 10.6 Å². The highest BCUT2D eigenvalue weighted by Crippen LogP contribution is 2.35. The van der Waals surface area contributed by atoms with E-state index in [-0.39, 0.29) is 11.4 Å². The lowest BCUT2D eigenvalue weighted by Gasteiger charge is -2.42. The van der Waals surface area contributed by atoms with Gasteiger partial charge in [0, 0.05) is 24.5 Å². The fourth-order valence-electron chi connectivity index (χ4n) is 2.40. The summed E-state index contributed by atoms with van der Waals surface area (Å²) in [6, 6.07) is 1.85. The number of nitrogens with one attached hydrogen (secondary N) is 2. The van der Waals surface area contributed by atoms with Gasteiger partial charge in [0.2, 0.25) is 0 Å². The van der Waals surface area contributed by atoms with Gasteiger partial charge in [-0.25, -0.2) is 0 Å². The first-order valence-corrected chi connectivity index (χ1v) is 6.71. The molecule has 1 fully saturated rings. The summed E-state index contributed by atoms with van der Waals surface area (Å²) in [6.07, 6.45) is 7.72. The molecule has 0 aliphatic heterocycles. The number of hydrogen-bond acceptors (Lipinski definition) is 3. The summed E-state index contributed by atoms with van der Waals surface area (Å²) in [6.45, 7) is 4.94. The van der Waals surface area contributed by atoms with Crippen molar-refractivity contribution in [3.63, 3.8) is 0 Å². The molecule has 98 valence electrons. The van der Waals surface area contributed by atoms with Crippen LogP contribution in [0.4, 0.5) is 5.69 Å². The van der Waals surface area contributed by atoms with Gasteiger partial charge < -0.3 is 10.6 Å². The molecule has 2 rings (SSSR count). The first-order chi connectivity index (χ1) is 8.71. The number of carbonyl (C=O) groups excluding carboxylic acids is 1. The molecule has 4 heteroatoms. The van der Waals surface area contributed by atoms with Crippen LogP contribution in [0.1, 0.15) is 49.9 Å². The normalized spacial score (nSPS) is 16.8. The molecule has 1 aliphatic carbocycles. The fourth-order valence-corrected chi connectivity index (χ4v) is 2.40. The summed E-state index contributed by atoms with van der Waals surface area (Å²) in [7, 11) is 0. The Hall–Kier alpha value is -1.58. The minimum absolute atomic E-state index is 0.0133. The van der Waals surface area contributed by atoms with E-state index in [1.54, 1.807) is 12.4 Å². The molecule has 1 amide bonds. The number of anilines is 1. The zero-order chi connectivity index (χ0) is 13.0. The third kappa shape index (κ3) is 2.47. The van der Waals surface area contributed by atoms with Crippen molar-refractivity contribution in [2.24, 2.45) is 0 Å². The van der Waals surface area contributed by atoms with Crippen molar-refractivity contribution < 1.29 is 4.79 Å². The number of nitrogens with zero attached hydrogens (tertiary/aromatic N) is 1. The molecule has 18 heavy (non-hydrogen) atoms. The molecule has 4 nitrogen and oxygen atoms in total. The van der Waals surface area contributed by atoms with Gasteiger partial charge in [-0.1, -0.05) is 6.92 Å². The molecule has 1 heterocycles. The summed E-state index contributed by atoms with van der Waals surface area (Å²) in [4.78, 5) is 16.4. The van der Waals surface area contributed by atoms with E-state index in [1.807, 2.05) is 13.0 Å². The molecule has 0 unspecified atom stereocenters. The Kier molecular flexibility index (Phi) is 3.84. The van der Waals surface area contributed by atoms with Gasteiger partial charge in [0.1, 0.15) is 0 Å². The second kappa shape index (κ2) is 5.38. The fraction of sp³-hybridized carbons (Fsp3) is 0.571. The smallest absolute Gasteiger partial charge is 0.255 e. The Bertz CT molecular complexity index is 421. The van der Waals surface area contributed by atoms with Gasteiger partial charge in [0.15, 0.2) is 0 Å². The molecule has 0 saturated heterocycles. The lowest BCUT2D eigenvalue weighted by Crippen LogP contribution is -2.53. The van der Waals surface area contributed by atoms with Crippen molar-refractivity contribution in [3.8, 4) is 0 Å². The van der Waals surface area contributed by atoms with Gasteiger partial charge >= 0.3 is 0 Å². The zero-order valence-corrected chi connectivity index (χ0v) is 11.1. The third-order valence-electron chi connectivity index (χ3n) is 3.80. The molecule has 0 atom stereocenters. The summed E-state index contributed by atoms with van der Waals surface area (Å²) in [5.41, 5.74) is 1.52. The summed E-state index contributed by atoms with van der Waals surface area (Å²) >= 11 is 0. The van der Waals surface area contributed by atoms with E-state index in [0.717, 1.165) is 31.5 Å². The number of carbonyl (C=O) groups is 1. The van der Waals surface area contributed by atoms with E-state index in [9.17, 15) is 4.79 Å². The average Bonchev–Trinajstić information content (AvgIpc) is 2.35. The van der Waals surface area contributed by atoms with Crippen LogP contribution in [0, 0.1) is 0 Å². The minimum atomic E-state index is -0.0133. The molecule has 1 aromatic heterocycles. The van der Waals surface area contributed by atoms with Crippen LogP contribution in [0.3, 0.4) is 0 Å². The Morgan fingerprint density at radius 3 is 2.78 bits per heavy atom. The van der Waals surface area contributed by atoms with Crippen molar-refractivity contribution in [2.45, 2.75) is 45.1 Å². The highest BCUT2D eigenvalue weighted by Gasteiger charge is 2.36. The van der Waals surface area contributed by atoms with Crippen molar-refractivity contribution in [1.82, 2.24) is 10.3 Å². The van der Waals surface area contributed by atoms with Gasteiger partial charge in [-0.05, 0) is 38.7 Å². The van der Waals surface area contributed by atoms with E-state index in [2.05, 4.69) is 22.5 Å². The second-order valence-corrected chi connectivity index (χ2v) is 4.89. The summed E-state index contributed by atoms with van der Waals surface area (Å²) in [5, 5.41) is 6.37.